The zero-order valence-corrected chi connectivity index (χ0v) is 9.51. The van der Waals surface area contributed by atoms with Gasteiger partial charge in [0, 0.05) is 0 Å². The van der Waals surface area contributed by atoms with Crippen molar-refractivity contribution in [3.8, 4) is 0 Å². The Hall–Kier alpha value is -0.520. The highest BCUT2D eigenvalue weighted by Crippen LogP contribution is 2.13. The zero-order valence-electron chi connectivity index (χ0n) is 9.51. The Labute approximate surface area is 83.7 Å². The average molecular weight is 179 g/mol. The second kappa shape index (κ2) is 8.10. The highest BCUT2D eigenvalue weighted by atomic mass is 14.0. The molecule has 0 saturated carbocycles. The van der Waals surface area contributed by atoms with Crippen LogP contribution in [-0.4, -0.2) is 0 Å². The van der Waals surface area contributed by atoms with E-state index in [1.807, 2.05) is 13.0 Å². The molecular weight excluding hydrogens is 156 g/mol. The van der Waals surface area contributed by atoms with Crippen LogP contribution in [0, 0.1) is 17.9 Å². The lowest BCUT2D eigenvalue weighted by Gasteiger charge is -2.07. The molecule has 1 unspecified atom stereocenters. The summed E-state index contributed by atoms with van der Waals surface area (Å²) in [4.78, 5) is 0. The summed E-state index contributed by atoms with van der Waals surface area (Å²) in [6, 6.07) is 0. The van der Waals surface area contributed by atoms with Crippen molar-refractivity contribution in [2.45, 2.75) is 47.0 Å². The average Bonchev–Trinajstić information content (AvgIpc) is 2.04. The first-order chi connectivity index (χ1) is 6.16. The van der Waals surface area contributed by atoms with E-state index < -0.39 is 0 Å². The van der Waals surface area contributed by atoms with Crippen LogP contribution >= 0.6 is 0 Å². The predicted molar refractivity (Wildman–Crippen MR) is 60.5 cm³/mol. The highest BCUT2D eigenvalue weighted by molar-refractivity contribution is 4.99. The van der Waals surface area contributed by atoms with Crippen LogP contribution in [0.1, 0.15) is 47.0 Å². The van der Waals surface area contributed by atoms with Crippen LogP contribution in [0.2, 0.25) is 0 Å². The predicted octanol–water partition coefficient (Wildman–Crippen LogP) is 4.38. The van der Waals surface area contributed by atoms with E-state index in [0.717, 1.165) is 5.92 Å². The molecule has 0 aromatic rings. The van der Waals surface area contributed by atoms with Crippen molar-refractivity contribution in [1.29, 1.82) is 0 Å². The van der Waals surface area contributed by atoms with Gasteiger partial charge in [-0.15, -0.1) is 0 Å². The highest BCUT2D eigenvalue weighted by Gasteiger charge is 1.98. The van der Waals surface area contributed by atoms with Crippen LogP contribution in [0.15, 0.2) is 18.2 Å². The Balaban J connectivity index is 3.45. The molecule has 0 aromatic carbocycles. The Morgan fingerprint density at radius 2 is 1.85 bits per heavy atom. The first-order valence-corrected chi connectivity index (χ1v) is 5.34. The van der Waals surface area contributed by atoms with Crippen molar-refractivity contribution in [2.24, 2.45) is 11.8 Å². The van der Waals surface area contributed by atoms with Crippen LogP contribution in [0.25, 0.3) is 0 Å². The summed E-state index contributed by atoms with van der Waals surface area (Å²) < 4.78 is 0. The van der Waals surface area contributed by atoms with E-state index in [1.165, 1.54) is 19.3 Å². The minimum absolute atomic E-state index is 0.711. The first-order valence-electron chi connectivity index (χ1n) is 5.34. The molecule has 0 aliphatic carbocycles. The third-order valence-electron chi connectivity index (χ3n) is 2.14. The van der Waals surface area contributed by atoms with Gasteiger partial charge >= 0.3 is 0 Å². The summed E-state index contributed by atoms with van der Waals surface area (Å²) in [7, 11) is 0. The quantitative estimate of drug-likeness (QED) is 0.531. The van der Waals surface area contributed by atoms with Crippen LogP contribution in [-0.2, 0) is 0 Å². The van der Waals surface area contributed by atoms with Gasteiger partial charge < -0.3 is 0 Å². The van der Waals surface area contributed by atoms with Gasteiger partial charge in [-0.25, -0.2) is 0 Å². The summed E-state index contributed by atoms with van der Waals surface area (Å²) in [6.07, 6.45) is 13.3. The van der Waals surface area contributed by atoms with Crippen LogP contribution in [0.4, 0.5) is 0 Å². The van der Waals surface area contributed by atoms with Gasteiger partial charge in [-0.1, -0.05) is 51.8 Å². The molecule has 0 heteroatoms. The maximum Gasteiger partial charge on any atom is -0.0259 e. The Morgan fingerprint density at radius 3 is 2.38 bits per heavy atom. The molecule has 0 fully saturated rings. The van der Waals surface area contributed by atoms with E-state index in [1.54, 1.807) is 0 Å². The van der Waals surface area contributed by atoms with E-state index in [-0.39, 0.29) is 0 Å². The summed E-state index contributed by atoms with van der Waals surface area (Å²) in [5.74, 6) is 1.56. The van der Waals surface area contributed by atoms with Crippen molar-refractivity contribution in [2.75, 3.05) is 0 Å². The number of allylic oxidation sites excluding steroid dienone is 4. The number of hydrogen-bond donors (Lipinski definition) is 0. The van der Waals surface area contributed by atoms with Crippen molar-refractivity contribution < 1.29 is 0 Å². The third-order valence-corrected chi connectivity index (χ3v) is 2.14. The summed E-state index contributed by atoms with van der Waals surface area (Å²) in [5, 5.41) is 0. The molecular formula is C13H23. The summed E-state index contributed by atoms with van der Waals surface area (Å²) in [6.45, 7) is 8.78. The van der Waals surface area contributed by atoms with Crippen molar-refractivity contribution in [3.63, 3.8) is 0 Å². The Morgan fingerprint density at radius 1 is 1.15 bits per heavy atom. The molecule has 0 bridgehead atoms. The second-order valence-electron chi connectivity index (χ2n) is 4.14. The van der Waals surface area contributed by atoms with E-state index in [9.17, 15) is 0 Å². The third kappa shape index (κ3) is 9.39. The topological polar surface area (TPSA) is 0 Å². The summed E-state index contributed by atoms with van der Waals surface area (Å²) >= 11 is 0. The van der Waals surface area contributed by atoms with Crippen LogP contribution in [0.5, 0.6) is 0 Å². The molecule has 0 heterocycles. The van der Waals surface area contributed by atoms with Gasteiger partial charge in [0.15, 0.2) is 0 Å². The van der Waals surface area contributed by atoms with E-state index in [2.05, 4.69) is 39.0 Å². The Bertz CT molecular complexity index is 151. The molecule has 0 rings (SSSR count). The van der Waals surface area contributed by atoms with Gasteiger partial charge in [-0.2, -0.15) is 0 Å². The lowest BCUT2D eigenvalue weighted by atomic mass is 9.99. The van der Waals surface area contributed by atoms with Gasteiger partial charge in [0.1, 0.15) is 0 Å². The van der Waals surface area contributed by atoms with Crippen molar-refractivity contribution in [3.05, 3.63) is 24.3 Å². The van der Waals surface area contributed by atoms with Crippen LogP contribution < -0.4 is 0 Å². The fourth-order valence-electron chi connectivity index (χ4n) is 1.29. The van der Waals surface area contributed by atoms with E-state index in [0.29, 0.717) is 5.92 Å². The second-order valence-corrected chi connectivity index (χ2v) is 4.14. The number of hydrogen-bond acceptors (Lipinski definition) is 0. The molecule has 0 N–H and O–H groups in total. The lowest BCUT2D eigenvalue weighted by molar-refractivity contribution is 0.502. The SMILES string of the molecule is C/[C]=C\C=C\C(C)CCCC(C)C. The molecule has 1 radical (unpaired) electrons. The van der Waals surface area contributed by atoms with Gasteiger partial charge in [0.25, 0.3) is 0 Å². The fraction of sp³-hybridized carbons (Fsp3) is 0.692. The molecule has 0 spiro atoms. The standard InChI is InChI=1S/C13H23/c1-5-6-7-10-13(4)11-8-9-12(2)3/h6-7,10,12-13H,8-9,11H2,1-4H3/b6-5?,10-7+. The molecule has 0 amide bonds. The van der Waals surface area contributed by atoms with E-state index in [4.69, 9.17) is 0 Å². The monoisotopic (exact) mass is 179 g/mol. The minimum atomic E-state index is 0.711. The molecule has 1 atom stereocenters. The van der Waals surface area contributed by atoms with Gasteiger partial charge in [0.2, 0.25) is 0 Å². The number of rotatable bonds is 6. The van der Waals surface area contributed by atoms with Gasteiger partial charge in [0.05, 0.1) is 0 Å². The minimum Gasteiger partial charge on any atom is -0.0817 e. The zero-order chi connectivity index (χ0) is 10.1. The maximum atomic E-state index is 2.99. The molecule has 0 aromatic heterocycles. The molecule has 0 aliphatic heterocycles. The molecule has 0 saturated heterocycles. The molecule has 0 aliphatic rings. The first kappa shape index (κ1) is 12.5. The van der Waals surface area contributed by atoms with Gasteiger partial charge in [-0.05, 0) is 31.3 Å². The summed E-state index contributed by atoms with van der Waals surface area (Å²) in [5.41, 5.74) is 0. The Kier molecular flexibility index (Phi) is 7.77. The van der Waals surface area contributed by atoms with Crippen molar-refractivity contribution >= 4 is 0 Å². The lowest BCUT2D eigenvalue weighted by Crippen LogP contribution is -1.92. The van der Waals surface area contributed by atoms with Crippen LogP contribution in [0.3, 0.4) is 0 Å². The molecule has 75 valence electrons. The maximum absolute atomic E-state index is 2.99. The normalized spacial score (nSPS) is 14.8. The molecule has 13 heavy (non-hydrogen) atoms. The van der Waals surface area contributed by atoms with Crippen molar-refractivity contribution in [1.82, 2.24) is 0 Å². The van der Waals surface area contributed by atoms with E-state index >= 15 is 0 Å². The largest absolute Gasteiger partial charge is 0.0817 e. The smallest absolute Gasteiger partial charge is 0.0259 e. The fourth-order valence-corrected chi connectivity index (χ4v) is 1.29. The van der Waals surface area contributed by atoms with Gasteiger partial charge in [-0.3, -0.25) is 0 Å². The molecule has 0 nitrogen and oxygen atoms in total.